The van der Waals surface area contributed by atoms with E-state index in [4.69, 9.17) is 9.47 Å². The van der Waals surface area contributed by atoms with E-state index in [9.17, 15) is 18.0 Å². The molecule has 2 amide bonds. The van der Waals surface area contributed by atoms with Gasteiger partial charge in [-0.2, -0.15) is 4.31 Å². The van der Waals surface area contributed by atoms with Crippen molar-refractivity contribution in [3.8, 4) is 11.5 Å². The fraction of sp³-hybridized carbons (Fsp3) is 0.308. The molecule has 186 valence electrons. The van der Waals surface area contributed by atoms with Crippen molar-refractivity contribution < 1.29 is 32.4 Å². The summed E-state index contributed by atoms with van der Waals surface area (Å²) in [5, 5.41) is 2.00. The zero-order chi connectivity index (χ0) is 24.9. The zero-order valence-electron chi connectivity index (χ0n) is 19.6. The number of benzene rings is 3. The van der Waals surface area contributed by atoms with Crippen LogP contribution in [0.1, 0.15) is 6.42 Å². The van der Waals surface area contributed by atoms with Crippen LogP contribution < -0.4 is 19.3 Å². The molecule has 2 fully saturated rings. The normalized spacial score (nSPS) is 21.3. The summed E-state index contributed by atoms with van der Waals surface area (Å²) in [7, 11) is -3.72. The van der Waals surface area contributed by atoms with Gasteiger partial charge in [0.25, 0.3) is 5.91 Å². The number of imide groups is 1. The minimum Gasteiger partial charge on any atom is -0.486 e. The number of quaternary nitrogens is 1. The predicted molar refractivity (Wildman–Crippen MR) is 132 cm³/mol. The lowest BCUT2D eigenvalue weighted by Gasteiger charge is -2.33. The van der Waals surface area contributed by atoms with Crippen molar-refractivity contribution in [3.05, 3.63) is 60.7 Å². The maximum atomic E-state index is 13.3. The smallest absolute Gasteiger partial charge is 0.292 e. The van der Waals surface area contributed by atoms with Gasteiger partial charge in [-0.3, -0.25) is 9.59 Å². The molecule has 1 atom stereocenters. The summed E-state index contributed by atoms with van der Waals surface area (Å²) in [6.45, 7) is 2.23. The molecule has 6 rings (SSSR count). The highest BCUT2D eigenvalue weighted by Crippen LogP contribution is 2.33. The number of sulfonamides is 1. The highest BCUT2D eigenvalue weighted by atomic mass is 32.2. The van der Waals surface area contributed by atoms with Gasteiger partial charge in [0.15, 0.2) is 17.5 Å². The molecular formula is C26H26N3O6S+. The monoisotopic (exact) mass is 508 g/mol. The second-order valence-corrected chi connectivity index (χ2v) is 11.2. The third-order valence-corrected chi connectivity index (χ3v) is 9.04. The van der Waals surface area contributed by atoms with Crippen LogP contribution >= 0.6 is 0 Å². The Morgan fingerprint density at radius 1 is 0.833 bits per heavy atom. The molecule has 3 aliphatic heterocycles. The average Bonchev–Trinajstić information content (AvgIpc) is 3.21. The Labute approximate surface area is 208 Å². The maximum absolute atomic E-state index is 13.3. The topological polar surface area (TPSA) is 97.7 Å². The number of amides is 2. The molecular weight excluding hydrogens is 482 g/mol. The van der Waals surface area contributed by atoms with Gasteiger partial charge in [0.1, 0.15) is 13.2 Å². The molecule has 0 radical (unpaired) electrons. The number of fused-ring (bicyclic) bond motifs is 2. The highest BCUT2D eigenvalue weighted by Gasteiger charge is 2.47. The van der Waals surface area contributed by atoms with E-state index in [1.54, 1.807) is 12.1 Å². The zero-order valence-corrected chi connectivity index (χ0v) is 20.4. The van der Waals surface area contributed by atoms with Crippen LogP contribution in [-0.4, -0.2) is 70.0 Å². The quantitative estimate of drug-likeness (QED) is 0.525. The molecule has 3 aromatic carbocycles. The van der Waals surface area contributed by atoms with Gasteiger partial charge in [0, 0.05) is 6.07 Å². The van der Waals surface area contributed by atoms with Crippen LogP contribution in [-0.2, 0) is 19.6 Å². The minimum absolute atomic E-state index is 0.121. The number of nitrogens with zero attached hydrogens (tertiary/aromatic N) is 2. The van der Waals surface area contributed by atoms with Crippen molar-refractivity contribution in [2.75, 3.05) is 44.3 Å². The molecule has 3 aromatic rings. The van der Waals surface area contributed by atoms with Crippen molar-refractivity contribution in [3.63, 3.8) is 0 Å². The molecule has 9 nitrogen and oxygen atoms in total. The highest BCUT2D eigenvalue weighted by molar-refractivity contribution is 7.89. The SMILES string of the molecule is O=C1C[C@@H]([NH+]2CCN(S(=O)(=O)c3ccc4c(c3)OCCO4)CC2)C(=O)N1c1ccc2ccccc2c1. The van der Waals surface area contributed by atoms with Crippen molar-refractivity contribution in [1.82, 2.24) is 4.31 Å². The van der Waals surface area contributed by atoms with E-state index in [0.29, 0.717) is 43.5 Å². The van der Waals surface area contributed by atoms with Crippen LogP contribution in [0.15, 0.2) is 65.6 Å². The first-order valence-electron chi connectivity index (χ1n) is 12.0. The number of hydrogen-bond acceptors (Lipinski definition) is 6. The number of anilines is 1. The van der Waals surface area contributed by atoms with Gasteiger partial charge in [-0.25, -0.2) is 13.3 Å². The molecule has 0 unspecified atom stereocenters. The van der Waals surface area contributed by atoms with Crippen LogP contribution in [0.2, 0.25) is 0 Å². The van der Waals surface area contributed by atoms with E-state index in [1.807, 2.05) is 36.4 Å². The molecule has 10 heteroatoms. The maximum Gasteiger partial charge on any atom is 0.292 e. The Morgan fingerprint density at radius 3 is 2.33 bits per heavy atom. The van der Waals surface area contributed by atoms with E-state index < -0.39 is 16.1 Å². The molecule has 0 bridgehead atoms. The Balaban J connectivity index is 1.15. The van der Waals surface area contributed by atoms with Crippen molar-refractivity contribution in [2.24, 2.45) is 0 Å². The average molecular weight is 509 g/mol. The lowest BCUT2D eigenvalue weighted by molar-refractivity contribution is -0.918. The van der Waals surface area contributed by atoms with Gasteiger partial charge >= 0.3 is 0 Å². The third-order valence-electron chi connectivity index (χ3n) is 7.15. The third kappa shape index (κ3) is 3.91. The van der Waals surface area contributed by atoms with Gasteiger partial charge in [-0.1, -0.05) is 30.3 Å². The number of piperazine rings is 1. The van der Waals surface area contributed by atoms with Crippen LogP contribution in [0.5, 0.6) is 11.5 Å². The van der Waals surface area contributed by atoms with Crippen LogP contribution in [0.25, 0.3) is 10.8 Å². The van der Waals surface area contributed by atoms with Gasteiger partial charge in [-0.05, 0) is 35.0 Å². The molecule has 3 aliphatic rings. The first-order chi connectivity index (χ1) is 17.4. The van der Waals surface area contributed by atoms with E-state index in [-0.39, 0.29) is 36.2 Å². The minimum atomic E-state index is -3.72. The number of nitrogens with one attached hydrogen (secondary N) is 1. The van der Waals surface area contributed by atoms with Crippen LogP contribution in [0, 0.1) is 0 Å². The van der Waals surface area contributed by atoms with Crippen molar-refractivity contribution >= 4 is 38.3 Å². The van der Waals surface area contributed by atoms with Gasteiger partial charge in [-0.15, -0.1) is 0 Å². The summed E-state index contributed by atoms with van der Waals surface area (Å²) in [5.41, 5.74) is 0.574. The summed E-state index contributed by atoms with van der Waals surface area (Å²) < 4.78 is 39.0. The Kier molecular flexibility index (Phi) is 5.66. The number of carbonyl (C=O) groups is 2. The van der Waals surface area contributed by atoms with Crippen molar-refractivity contribution in [2.45, 2.75) is 17.4 Å². The second kappa shape index (κ2) is 8.88. The molecule has 2 saturated heterocycles. The fourth-order valence-corrected chi connectivity index (χ4v) is 6.69. The van der Waals surface area contributed by atoms with E-state index in [2.05, 4.69) is 0 Å². The summed E-state index contributed by atoms with van der Waals surface area (Å²) in [6.07, 6.45) is 0.121. The molecule has 0 aliphatic carbocycles. The number of ether oxygens (including phenoxy) is 2. The number of rotatable bonds is 4. The Bertz CT molecular complexity index is 1470. The summed E-state index contributed by atoms with van der Waals surface area (Å²) in [5.74, 6) is 0.512. The fourth-order valence-electron chi connectivity index (χ4n) is 5.23. The first kappa shape index (κ1) is 23.0. The molecule has 1 N–H and O–H groups in total. The Hall–Kier alpha value is -3.47. The van der Waals surface area contributed by atoms with Gasteiger partial charge < -0.3 is 14.4 Å². The van der Waals surface area contributed by atoms with Crippen molar-refractivity contribution in [1.29, 1.82) is 0 Å². The standard InChI is InChI=1S/C26H25N3O6S/c30-25-17-22(26(31)29(25)20-6-5-18-3-1-2-4-19(18)15-20)27-9-11-28(12-10-27)36(32,33)21-7-8-23-24(16-21)35-14-13-34-23/h1-8,15-16,22H,9-14,17H2/p+1/t22-/m1/s1. The van der Waals surface area contributed by atoms with Gasteiger partial charge in [0.2, 0.25) is 15.9 Å². The molecule has 36 heavy (non-hydrogen) atoms. The largest absolute Gasteiger partial charge is 0.486 e. The molecule has 0 spiro atoms. The van der Waals surface area contributed by atoms with E-state index >= 15 is 0 Å². The lowest BCUT2D eigenvalue weighted by Crippen LogP contribution is -3.19. The number of carbonyl (C=O) groups excluding carboxylic acids is 2. The second-order valence-electron chi connectivity index (χ2n) is 9.22. The lowest BCUT2D eigenvalue weighted by atomic mass is 10.1. The van der Waals surface area contributed by atoms with Gasteiger partial charge in [0.05, 0.1) is 43.2 Å². The van der Waals surface area contributed by atoms with E-state index in [0.717, 1.165) is 15.7 Å². The number of hydrogen-bond donors (Lipinski definition) is 1. The molecule has 0 saturated carbocycles. The molecule has 0 aromatic heterocycles. The summed E-state index contributed by atoms with van der Waals surface area (Å²) >= 11 is 0. The van der Waals surface area contributed by atoms with E-state index in [1.165, 1.54) is 21.3 Å². The molecule has 3 heterocycles. The predicted octanol–water partition coefficient (Wildman–Crippen LogP) is 0.832. The summed E-state index contributed by atoms with van der Waals surface area (Å²) in [4.78, 5) is 28.6. The first-order valence-corrected chi connectivity index (χ1v) is 13.5. The van der Waals surface area contributed by atoms with Crippen LogP contribution in [0.4, 0.5) is 5.69 Å². The Morgan fingerprint density at radius 2 is 1.56 bits per heavy atom. The van der Waals surface area contributed by atoms with Crippen LogP contribution in [0.3, 0.4) is 0 Å². The summed E-state index contributed by atoms with van der Waals surface area (Å²) in [6, 6.07) is 17.5.